The van der Waals surface area contributed by atoms with Gasteiger partial charge >= 0.3 is 6.18 Å². The average molecular weight is 315 g/mol. The Morgan fingerprint density at radius 2 is 1.95 bits per heavy atom. The van der Waals surface area contributed by atoms with Gasteiger partial charge in [-0.2, -0.15) is 13.2 Å². The van der Waals surface area contributed by atoms with Crippen LogP contribution in [0.15, 0.2) is 36.5 Å². The highest BCUT2D eigenvalue weighted by Gasteiger charge is 2.36. The molecule has 3 N–H and O–H groups in total. The summed E-state index contributed by atoms with van der Waals surface area (Å²) in [5.41, 5.74) is 3.67. The fourth-order valence-electron chi connectivity index (χ4n) is 2.32. The molecule has 2 aromatic rings. The summed E-state index contributed by atoms with van der Waals surface area (Å²) in [7, 11) is 0. The number of nitrogens with two attached hydrogens (primary N) is 1. The Morgan fingerprint density at radius 1 is 1.29 bits per heavy atom. The van der Waals surface area contributed by atoms with Crippen LogP contribution in [0, 0.1) is 0 Å². The molecule has 21 heavy (non-hydrogen) atoms. The highest BCUT2D eigenvalue weighted by Crippen LogP contribution is 2.39. The molecule has 2 unspecified atom stereocenters. The molecule has 0 amide bonds. The van der Waals surface area contributed by atoms with Gasteiger partial charge in [-0.1, -0.05) is 37.3 Å². The number of alkyl halides is 3. The molecule has 0 bridgehead atoms. The molecule has 0 aliphatic rings. The van der Waals surface area contributed by atoms with E-state index in [-0.39, 0.29) is 5.92 Å². The van der Waals surface area contributed by atoms with Crippen molar-refractivity contribution in [2.24, 2.45) is 5.84 Å². The SMILES string of the molecule is CCC(c1ccccc1)C(NN)c1cnc(C(F)(F)F)s1. The summed E-state index contributed by atoms with van der Waals surface area (Å²) < 4.78 is 38.0. The van der Waals surface area contributed by atoms with Gasteiger partial charge < -0.3 is 0 Å². The number of hydrogen-bond acceptors (Lipinski definition) is 4. The van der Waals surface area contributed by atoms with Gasteiger partial charge in [0.05, 0.1) is 6.04 Å². The molecule has 2 atom stereocenters. The molecule has 1 aromatic carbocycles. The van der Waals surface area contributed by atoms with Crippen molar-refractivity contribution in [2.75, 3.05) is 0 Å². The van der Waals surface area contributed by atoms with Crippen LogP contribution in [0.25, 0.3) is 0 Å². The fourth-order valence-corrected chi connectivity index (χ4v) is 3.23. The van der Waals surface area contributed by atoms with E-state index in [1.54, 1.807) is 0 Å². The second kappa shape index (κ2) is 6.55. The van der Waals surface area contributed by atoms with Crippen LogP contribution in [0.2, 0.25) is 0 Å². The Morgan fingerprint density at radius 3 is 2.43 bits per heavy atom. The maximum atomic E-state index is 12.7. The van der Waals surface area contributed by atoms with Gasteiger partial charge in [-0.3, -0.25) is 11.3 Å². The number of halogens is 3. The molecular formula is C14H16F3N3S. The van der Waals surface area contributed by atoms with Crippen molar-refractivity contribution in [3.63, 3.8) is 0 Å². The molecule has 2 rings (SSSR count). The molecule has 0 saturated carbocycles. The highest BCUT2D eigenvalue weighted by atomic mass is 32.1. The molecule has 114 valence electrons. The van der Waals surface area contributed by atoms with Gasteiger partial charge in [0.1, 0.15) is 0 Å². The van der Waals surface area contributed by atoms with Gasteiger partial charge in [0, 0.05) is 17.0 Å². The van der Waals surface area contributed by atoms with E-state index >= 15 is 0 Å². The monoisotopic (exact) mass is 315 g/mol. The number of rotatable bonds is 5. The third kappa shape index (κ3) is 3.61. The van der Waals surface area contributed by atoms with Gasteiger partial charge in [0.25, 0.3) is 0 Å². The Labute approximate surface area is 125 Å². The summed E-state index contributed by atoms with van der Waals surface area (Å²) in [5.74, 6) is 5.57. The van der Waals surface area contributed by atoms with Crippen molar-refractivity contribution < 1.29 is 13.2 Å². The zero-order valence-electron chi connectivity index (χ0n) is 11.4. The quantitative estimate of drug-likeness (QED) is 0.651. The Balaban J connectivity index is 2.32. The predicted molar refractivity (Wildman–Crippen MR) is 76.7 cm³/mol. The van der Waals surface area contributed by atoms with Crippen LogP contribution >= 0.6 is 11.3 Å². The minimum atomic E-state index is -4.42. The zero-order valence-corrected chi connectivity index (χ0v) is 12.2. The maximum Gasteiger partial charge on any atom is 0.443 e. The molecule has 0 saturated heterocycles. The fraction of sp³-hybridized carbons (Fsp3) is 0.357. The number of hydrogen-bond donors (Lipinski definition) is 2. The first-order valence-corrected chi connectivity index (χ1v) is 7.33. The first-order valence-electron chi connectivity index (χ1n) is 6.51. The number of benzene rings is 1. The van der Waals surface area contributed by atoms with E-state index < -0.39 is 17.2 Å². The zero-order chi connectivity index (χ0) is 15.5. The molecule has 0 radical (unpaired) electrons. The molecule has 1 aromatic heterocycles. The van der Waals surface area contributed by atoms with Crippen LogP contribution in [0.3, 0.4) is 0 Å². The van der Waals surface area contributed by atoms with Crippen molar-refractivity contribution in [3.05, 3.63) is 52.0 Å². The van der Waals surface area contributed by atoms with Crippen LogP contribution in [0.4, 0.5) is 13.2 Å². The van der Waals surface area contributed by atoms with E-state index in [1.807, 2.05) is 37.3 Å². The molecule has 3 nitrogen and oxygen atoms in total. The van der Waals surface area contributed by atoms with Crippen molar-refractivity contribution in [2.45, 2.75) is 31.5 Å². The molecule has 7 heteroatoms. The van der Waals surface area contributed by atoms with Crippen LogP contribution in [-0.2, 0) is 6.18 Å². The Hall–Kier alpha value is -1.44. The second-order valence-corrected chi connectivity index (χ2v) is 5.70. The van der Waals surface area contributed by atoms with Crippen LogP contribution in [-0.4, -0.2) is 4.98 Å². The van der Waals surface area contributed by atoms with E-state index in [1.165, 1.54) is 6.20 Å². The molecular weight excluding hydrogens is 299 g/mol. The van der Waals surface area contributed by atoms with E-state index in [2.05, 4.69) is 10.4 Å². The van der Waals surface area contributed by atoms with Crippen molar-refractivity contribution >= 4 is 11.3 Å². The number of thiazole rings is 1. The molecule has 0 fully saturated rings. The summed E-state index contributed by atoms with van der Waals surface area (Å²) >= 11 is 0.632. The smallest absolute Gasteiger partial charge is 0.271 e. The first-order chi connectivity index (χ1) is 9.97. The normalized spacial score (nSPS) is 14.9. The Bertz CT molecular complexity index is 568. The first kappa shape index (κ1) is 15.9. The lowest BCUT2D eigenvalue weighted by Gasteiger charge is -2.24. The molecule has 0 aliphatic heterocycles. The topological polar surface area (TPSA) is 50.9 Å². The van der Waals surface area contributed by atoms with Crippen LogP contribution in [0.5, 0.6) is 0 Å². The number of aromatic nitrogens is 1. The Kier molecular flexibility index (Phi) is 4.97. The van der Waals surface area contributed by atoms with E-state index in [9.17, 15) is 13.2 Å². The van der Waals surface area contributed by atoms with Crippen molar-refractivity contribution in [1.82, 2.24) is 10.4 Å². The number of nitrogens with one attached hydrogen (secondary N) is 1. The number of hydrazine groups is 1. The van der Waals surface area contributed by atoms with Gasteiger partial charge in [-0.25, -0.2) is 4.98 Å². The molecule has 0 spiro atoms. The second-order valence-electron chi connectivity index (χ2n) is 4.64. The van der Waals surface area contributed by atoms with Gasteiger partial charge in [0.15, 0.2) is 5.01 Å². The third-order valence-electron chi connectivity index (χ3n) is 3.32. The summed E-state index contributed by atoms with van der Waals surface area (Å²) in [5, 5.41) is -0.847. The lowest BCUT2D eigenvalue weighted by atomic mass is 9.89. The standard InChI is InChI=1S/C14H16F3N3S/c1-2-10(9-6-4-3-5-7-9)12(20-18)11-8-19-13(21-11)14(15,16)17/h3-8,10,12,20H,2,18H2,1H3. The summed E-state index contributed by atoms with van der Waals surface area (Å²) in [6.07, 6.45) is -2.42. The lowest BCUT2D eigenvalue weighted by molar-refractivity contribution is -0.137. The van der Waals surface area contributed by atoms with Crippen LogP contribution in [0.1, 0.15) is 40.8 Å². The highest BCUT2D eigenvalue weighted by molar-refractivity contribution is 7.11. The van der Waals surface area contributed by atoms with E-state index in [0.29, 0.717) is 16.2 Å². The summed E-state index contributed by atoms with van der Waals surface area (Å²) in [4.78, 5) is 3.95. The minimum Gasteiger partial charge on any atom is -0.271 e. The van der Waals surface area contributed by atoms with E-state index in [4.69, 9.17) is 5.84 Å². The third-order valence-corrected chi connectivity index (χ3v) is 4.45. The maximum absolute atomic E-state index is 12.7. The number of nitrogens with zero attached hydrogens (tertiary/aromatic N) is 1. The summed E-state index contributed by atoms with van der Waals surface area (Å²) in [6, 6.07) is 9.20. The van der Waals surface area contributed by atoms with Gasteiger partial charge in [-0.05, 0) is 12.0 Å². The van der Waals surface area contributed by atoms with E-state index in [0.717, 1.165) is 12.0 Å². The van der Waals surface area contributed by atoms with Gasteiger partial charge in [-0.15, -0.1) is 11.3 Å². The molecule has 1 heterocycles. The predicted octanol–water partition coefficient (Wildman–Crippen LogP) is 3.86. The average Bonchev–Trinajstić information content (AvgIpc) is 2.95. The molecule has 0 aliphatic carbocycles. The van der Waals surface area contributed by atoms with Crippen LogP contribution < -0.4 is 11.3 Å². The minimum absolute atomic E-state index is 0.0160. The summed E-state index contributed by atoms with van der Waals surface area (Å²) in [6.45, 7) is 1.98. The lowest BCUT2D eigenvalue weighted by Crippen LogP contribution is -2.32. The largest absolute Gasteiger partial charge is 0.443 e. The van der Waals surface area contributed by atoms with Gasteiger partial charge in [0.2, 0.25) is 0 Å². The van der Waals surface area contributed by atoms with Crippen molar-refractivity contribution in [3.8, 4) is 0 Å². The van der Waals surface area contributed by atoms with Crippen molar-refractivity contribution in [1.29, 1.82) is 0 Å².